The van der Waals surface area contributed by atoms with Crippen molar-refractivity contribution < 1.29 is 4.79 Å². The molecule has 0 saturated carbocycles. The zero-order chi connectivity index (χ0) is 15.4. The molecule has 1 aromatic heterocycles. The summed E-state index contributed by atoms with van der Waals surface area (Å²) in [6.45, 7) is 4.12. The zero-order valence-corrected chi connectivity index (χ0v) is 12.9. The summed E-state index contributed by atoms with van der Waals surface area (Å²) in [6.07, 6.45) is 14.1. The van der Waals surface area contributed by atoms with Crippen LogP contribution in [-0.4, -0.2) is 22.5 Å². The van der Waals surface area contributed by atoms with Gasteiger partial charge < -0.3 is 10.2 Å². The molecule has 0 unspecified atom stereocenters. The number of rotatable bonds is 3. The largest absolute Gasteiger partial charge is 0.338 e. The molecule has 0 spiro atoms. The monoisotopic (exact) mass is 295 g/mol. The maximum Gasteiger partial charge on any atom is 0.318 e. The molecule has 2 amide bonds. The minimum absolute atomic E-state index is 0.00104. The smallest absolute Gasteiger partial charge is 0.318 e. The Bertz CT molecular complexity index is 633. The summed E-state index contributed by atoms with van der Waals surface area (Å²) in [4.78, 5) is 18.2. The Labute approximate surface area is 131 Å². The molecule has 0 radical (unpaired) electrons. The van der Waals surface area contributed by atoms with Crippen LogP contribution in [0.5, 0.6) is 0 Å². The summed E-state index contributed by atoms with van der Waals surface area (Å²) >= 11 is 0. The third kappa shape index (κ3) is 3.45. The maximum absolute atomic E-state index is 12.2. The van der Waals surface area contributed by atoms with E-state index in [0.717, 1.165) is 18.4 Å². The Morgan fingerprint density at radius 1 is 1.32 bits per heavy atom. The first-order chi connectivity index (χ1) is 10.7. The molecule has 2 heterocycles. The molecule has 0 aromatic carbocycles. The van der Waals surface area contributed by atoms with E-state index in [4.69, 9.17) is 0 Å². The van der Waals surface area contributed by atoms with E-state index in [1.807, 2.05) is 17.2 Å². The number of carbonyl (C=O) groups excluding carboxylic acids is 1. The summed E-state index contributed by atoms with van der Waals surface area (Å²) in [7, 11) is 0. The highest BCUT2D eigenvalue weighted by Crippen LogP contribution is 2.21. The number of nitrogens with zero attached hydrogens (tertiary/aromatic N) is 2. The van der Waals surface area contributed by atoms with Gasteiger partial charge in [-0.05, 0) is 42.5 Å². The lowest BCUT2D eigenvalue weighted by molar-refractivity contribution is 0.198. The van der Waals surface area contributed by atoms with Crippen LogP contribution < -0.4 is 5.32 Å². The molecule has 4 heteroatoms. The molecule has 1 aromatic rings. The number of allylic oxidation sites excluding steroid dienone is 5. The van der Waals surface area contributed by atoms with Crippen molar-refractivity contribution in [2.24, 2.45) is 0 Å². The molecular weight excluding hydrogens is 274 g/mol. The molecular formula is C18H21N3O. The first-order valence-electron chi connectivity index (χ1n) is 7.70. The maximum atomic E-state index is 12.2. The van der Waals surface area contributed by atoms with Crippen molar-refractivity contribution in [3.63, 3.8) is 0 Å². The average Bonchev–Trinajstić information content (AvgIpc) is 2.85. The van der Waals surface area contributed by atoms with Gasteiger partial charge in [0.05, 0.1) is 0 Å². The Balaban J connectivity index is 1.48. The Morgan fingerprint density at radius 2 is 2.18 bits per heavy atom. The van der Waals surface area contributed by atoms with E-state index in [1.54, 1.807) is 6.20 Å². The van der Waals surface area contributed by atoms with Gasteiger partial charge in [-0.25, -0.2) is 4.79 Å². The van der Waals surface area contributed by atoms with Gasteiger partial charge in [0.1, 0.15) is 0 Å². The lowest BCUT2D eigenvalue weighted by Gasteiger charge is -2.16. The van der Waals surface area contributed by atoms with Crippen molar-refractivity contribution in [2.75, 3.05) is 6.54 Å². The van der Waals surface area contributed by atoms with Crippen LogP contribution >= 0.6 is 0 Å². The van der Waals surface area contributed by atoms with Crippen LogP contribution in [-0.2, 0) is 13.1 Å². The molecule has 4 nitrogen and oxygen atoms in total. The van der Waals surface area contributed by atoms with E-state index in [2.05, 4.69) is 41.5 Å². The molecule has 2 aliphatic rings. The lowest BCUT2D eigenvalue weighted by atomic mass is 10.1. The van der Waals surface area contributed by atoms with Gasteiger partial charge in [0.2, 0.25) is 0 Å². The number of hydrogen-bond donors (Lipinski definition) is 1. The molecule has 22 heavy (non-hydrogen) atoms. The van der Waals surface area contributed by atoms with Crippen molar-refractivity contribution in [3.05, 3.63) is 65.0 Å². The van der Waals surface area contributed by atoms with Gasteiger partial charge in [-0.1, -0.05) is 29.9 Å². The second-order valence-corrected chi connectivity index (χ2v) is 5.84. The number of aromatic nitrogens is 1. The molecule has 0 bridgehead atoms. The molecule has 114 valence electrons. The van der Waals surface area contributed by atoms with Crippen LogP contribution in [0.25, 0.3) is 0 Å². The predicted molar refractivity (Wildman–Crippen MR) is 87.1 cm³/mol. The Hall–Kier alpha value is -2.36. The highest BCUT2D eigenvalue weighted by Gasteiger charge is 2.22. The van der Waals surface area contributed by atoms with Gasteiger partial charge in [0.15, 0.2) is 0 Å². The number of hydrogen-bond acceptors (Lipinski definition) is 2. The third-order valence-corrected chi connectivity index (χ3v) is 4.06. The summed E-state index contributed by atoms with van der Waals surface area (Å²) in [6, 6.07) is 1.99. The van der Waals surface area contributed by atoms with Crippen molar-refractivity contribution >= 4 is 6.03 Å². The fraction of sp³-hybridized carbons (Fsp3) is 0.333. The van der Waals surface area contributed by atoms with Crippen molar-refractivity contribution in [3.8, 4) is 0 Å². The number of carbonyl (C=O) groups is 1. The van der Waals surface area contributed by atoms with E-state index in [9.17, 15) is 4.79 Å². The van der Waals surface area contributed by atoms with Crippen LogP contribution in [0.3, 0.4) is 0 Å². The zero-order valence-electron chi connectivity index (χ0n) is 12.9. The molecule has 1 N–H and O–H groups in total. The van der Waals surface area contributed by atoms with Gasteiger partial charge in [0.25, 0.3) is 0 Å². The first kappa shape index (κ1) is 14.6. The summed E-state index contributed by atoms with van der Waals surface area (Å²) in [5.41, 5.74) is 4.96. The molecule has 0 fully saturated rings. The number of pyridine rings is 1. The molecule has 3 rings (SSSR count). The summed E-state index contributed by atoms with van der Waals surface area (Å²) in [5, 5.41) is 3.01. The van der Waals surface area contributed by atoms with Gasteiger partial charge in [-0.3, -0.25) is 4.98 Å². The second-order valence-electron chi connectivity index (χ2n) is 5.84. The minimum atomic E-state index is 0.00104. The van der Waals surface area contributed by atoms with E-state index in [0.29, 0.717) is 19.6 Å². The summed E-state index contributed by atoms with van der Waals surface area (Å²) < 4.78 is 0. The predicted octanol–water partition coefficient (Wildman–Crippen LogP) is 3.33. The Morgan fingerprint density at radius 3 is 3.05 bits per heavy atom. The van der Waals surface area contributed by atoms with Crippen LogP contribution in [0.2, 0.25) is 0 Å². The van der Waals surface area contributed by atoms with Gasteiger partial charge in [-0.2, -0.15) is 0 Å². The van der Waals surface area contributed by atoms with E-state index in [1.165, 1.54) is 16.7 Å². The standard InChI is InChI=1S/C18H21N3O/c1-14-3-2-4-15(6-5-14)7-10-20-18(22)21-12-16-8-9-19-11-17(16)13-21/h2,4-6,8-9,11H,3,7,10,12-13H2,1H3,(H,20,22). The van der Waals surface area contributed by atoms with Gasteiger partial charge >= 0.3 is 6.03 Å². The van der Waals surface area contributed by atoms with Crippen LogP contribution in [0.15, 0.2) is 53.9 Å². The topological polar surface area (TPSA) is 45.2 Å². The SMILES string of the molecule is CC1=CC=C(CCNC(=O)N2Cc3ccncc3C2)C=CC1. The van der Waals surface area contributed by atoms with E-state index >= 15 is 0 Å². The number of nitrogens with one attached hydrogen (secondary N) is 1. The average molecular weight is 295 g/mol. The van der Waals surface area contributed by atoms with Gasteiger partial charge in [0, 0.05) is 32.0 Å². The molecule has 0 saturated heterocycles. The fourth-order valence-electron chi connectivity index (χ4n) is 2.72. The number of urea groups is 1. The number of amides is 2. The fourth-order valence-corrected chi connectivity index (χ4v) is 2.72. The van der Waals surface area contributed by atoms with Crippen LogP contribution in [0.1, 0.15) is 30.9 Å². The van der Waals surface area contributed by atoms with E-state index in [-0.39, 0.29) is 6.03 Å². The van der Waals surface area contributed by atoms with Gasteiger partial charge in [-0.15, -0.1) is 0 Å². The quantitative estimate of drug-likeness (QED) is 0.929. The number of fused-ring (bicyclic) bond motifs is 1. The van der Waals surface area contributed by atoms with Crippen LogP contribution in [0, 0.1) is 0 Å². The highest BCUT2D eigenvalue weighted by atomic mass is 16.2. The van der Waals surface area contributed by atoms with Crippen molar-refractivity contribution in [1.29, 1.82) is 0 Å². The highest BCUT2D eigenvalue weighted by molar-refractivity contribution is 5.75. The normalized spacial score (nSPS) is 16.7. The molecule has 0 atom stereocenters. The second kappa shape index (κ2) is 6.60. The van der Waals surface area contributed by atoms with E-state index < -0.39 is 0 Å². The Kier molecular flexibility index (Phi) is 4.37. The van der Waals surface area contributed by atoms with Crippen molar-refractivity contribution in [2.45, 2.75) is 32.9 Å². The molecule has 1 aliphatic heterocycles. The van der Waals surface area contributed by atoms with Crippen molar-refractivity contribution in [1.82, 2.24) is 15.2 Å². The first-order valence-corrected chi connectivity index (χ1v) is 7.70. The lowest BCUT2D eigenvalue weighted by Crippen LogP contribution is -2.37. The van der Waals surface area contributed by atoms with Crippen LogP contribution in [0.4, 0.5) is 4.79 Å². The summed E-state index contributed by atoms with van der Waals surface area (Å²) in [5.74, 6) is 0. The third-order valence-electron chi connectivity index (χ3n) is 4.06. The molecule has 1 aliphatic carbocycles. The minimum Gasteiger partial charge on any atom is -0.338 e.